The van der Waals surface area contributed by atoms with Crippen LogP contribution in [-0.4, -0.2) is 52.5 Å². The number of carbonyl (C=O) groups is 1. The summed E-state index contributed by atoms with van der Waals surface area (Å²) in [6, 6.07) is 12.7. The Morgan fingerprint density at radius 2 is 1.74 bits per heavy atom. The minimum atomic E-state index is -0.498. The molecule has 0 bridgehead atoms. The molecule has 0 aliphatic rings. The third kappa shape index (κ3) is 5.01. The predicted molar refractivity (Wildman–Crippen MR) is 129 cm³/mol. The SMILES string of the molecule is CCCCn1nnnc1COC(=O)c1cc(-c2cc(OC)c(OC)c(OC)c2)nc2ccccc12. The monoisotopic (exact) mass is 477 g/mol. The number of rotatable bonds is 10. The lowest BCUT2D eigenvalue weighted by atomic mass is 10.0. The second-order valence-corrected chi connectivity index (χ2v) is 7.73. The van der Waals surface area contributed by atoms with Crippen LogP contribution in [0.25, 0.3) is 22.2 Å². The van der Waals surface area contributed by atoms with Gasteiger partial charge in [-0.2, -0.15) is 0 Å². The number of benzene rings is 2. The van der Waals surface area contributed by atoms with Crippen LogP contribution < -0.4 is 14.2 Å². The summed E-state index contributed by atoms with van der Waals surface area (Å²) in [7, 11) is 4.64. The summed E-state index contributed by atoms with van der Waals surface area (Å²) in [6.45, 7) is 2.72. The molecule has 0 saturated heterocycles. The molecule has 2 heterocycles. The number of aromatic nitrogens is 5. The lowest BCUT2D eigenvalue weighted by Crippen LogP contribution is -2.12. The fourth-order valence-electron chi connectivity index (χ4n) is 3.74. The molecule has 4 aromatic rings. The van der Waals surface area contributed by atoms with Crippen LogP contribution in [0, 0.1) is 0 Å². The van der Waals surface area contributed by atoms with Gasteiger partial charge in [-0.05, 0) is 41.1 Å². The number of carbonyl (C=O) groups excluding carboxylic acids is 1. The molecule has 10 heteroatoms. The second kappa shape index (κ2) is 10.8. The van der Waals surface area contributed by atoms with Gasteiger partial charge in [-0.25, -0.2) is 14.5 Å². The normalized spacial score (nSPS) is 10.9. The van der Waals surface area contributed by atoms with Crippen molar-refractivity contribution >= 4 is 16.9 Å². The predicted octanol–water partition coefficient (Wildman–Crippen LogP) is 4.07. The standard InChI is InChI=1S/C25H27N5O5/c1-5-6-11-30-23(27-28-29-30)15-35-25(31)18-14-20(26-19-10-8-7-9-17(18)19)16-12-21(32-2)24(34-4)22(13-16)33-3/h7-10,12-14H,5-6,11,15H2,1-4H3. The highest BCUT2D eigenvalue weighted by Gasteiger charge is 2.19. The summed E-state index contributed by atoms with van der Waals surface area (Å²) < 4.78 is 23.7. The van der Waals surface area contributed by atoms with Crippen LogP contribution in [0.2, 0.25) is 0 Å². The van der Waals surface area contributed by atoms with Crippen molar-refractivity contribution in [2.45, 2.75) is 32.9 Å². The average Bonchev–Trinajstić information content (AvgIpc) is 3.36. The van der Waals surface area contributed by atoms with Gasteiger partial charge in [0.05, 0.1) is 38.1 Å². The molecule has 0 spiro atoms. The van der Waals surface area contributed by atoms with Crippen molar-refractivity contribution in [2.24, 2.45) is 0 Å². The molecule has 0 fully saturated rings. The van der Waals surface area contributed by atoms with Crippen LogP contribution in [0.15, 0.2) is 42.5 Å². The van der Waals surface area contributed by atoms with E-state index in [-0.39, 0.29) is 6.61 Å². The Kier molecular flexibility index (Phi) is 7.39. The molecule has 10 nitrogen and oxygen atoms in total. The fourth-order valence-corrected chi connectivity index (χ4v) is 3.74. The lowest BCUT2D eigenvalue weighted by molar-refractivity contribution is 0.0458. The number of pyridine rings is 1. The first kappa shape index (κ1) is 23.9. The van der Waals surface area contributed by atoms with E-state index in [0.717, 1.165) is 12.8 Å². The van der Waals surface area contributed by atoms with E-state index in [1.54, 1.807) is 44.2 Å². The number of hydrogen-bond acceptors (Lipinski definition) is 9. The van der Waals surface area contributed by atoms with Crippen molar-refractivity contribution in [3.63, 3.8) is 0 Å². The summed E-state index contributed by atoms with van der Waals surface area (Å²) >= 11 is 0. The van der Waals surface area contributed by atoms with E-state index in [1.807, 2.05) is 24.3 Å². The molecule has 0 aliphatic heterocycles. The molecule has 182 valence electrons. The highest BCUT2D eigenvalue weighted by atomic mass is 16.5. The van der Waals surface area contributed by atoms with Crippen molar-refractivity contribution in [1.29, 1.82) is 0 Å². The largest absolute Gasteiger partial charge is 0.493 e. The molecule has 0 saturated carbocycles. The topological polar surface area (TPSA) is 110 Å². The van der Waals surface area contributed by atoms with Crippen LogP contribution in [0.3, 0.4) is 0 Å². The summed E-state index contributed by atoms with van der Waals surface area (Å²) in [5, 5.41) is 12.3. The van der Waals surface area contributed by atoms with Gasteiger partial charge in [0.25, 0.3) is 0 Å². The number of para-hydroxylation sites is 1. The maximum Gasteiger partial charge on any atom is 0.339 e. The van der Waals surface area contributed by atoms with Gasteiger partial charge >= 0.3 is 5.97 Å². The summed E-state index contributed by atoms with van der Waals surface area (Å²) in [6.07, 6.45) is 1.94. The Labute approximate surface area is 202 Å². The van der Waals surface area contributed by atoms with E-state index in [9.17, 15) is 4.79 Å². The molecule has 0 atom stereocenters. The quantitative estimate of drug-likeness (QED) is 0.312. The Hall–Kier alpha value is -4.21. The number of fused-ring (bicyclic) bond motifs is 1. The maximum absolute atomic E-state index is 13.2. The molecule has 4 rings (SSSR count). The van der Waals surface area contributed by atoms with E-state index in [2.05, 4.69) is 22.4 Å². The van der Waals surface area contributed by atoms with Crippen LogP contribution in [0.5, 0.6) is 17.2 Å². The average molecular weight is 478 g/mol. The van der Waals surface area contributed by atoms with Crippen molar-refractivity contribution in [1.82, 2.24) is 25.2 Å². The van der Waals surface area contributed by atoms with Gasteiger partial charge in [-0.3, -0.25) is 0 Å². The number of hydrogen-bond donors (Lipinski definition) is 0. The Bertz CT molecular complexity index is 1310. The number of aryl methyl sites for hydroxylation is 1. The number of unbranched alkanes of at least 4 members (excludes halogenated alkanes) is 1. The number of esters is 1. The van der Waals surface area contributed by atoms with E-state index in [0.29, 0.717) is 57.3 Å². The van der Waals surface area contributed by atoms with E-state index >= 15 is 0 Å². The van der Waals surface area contributed by atoms with Gasteiger partial charge in [0.2, 0.25) is 5.75 Å². The summed E-state index contributed by atoms with van der Waals surface area (Å²) in [5.74, 6) is 1.44. The first-order valence-electron chi connectivity index (χ1n) is 11.2. The third-order valence-corrected chi connectivity index (χ3v) is 5.56. The van der Waals surface area contributed by atoms with Crippen molar-refractivity contribution in [3.05, 3.63) is 53.9 Å². The molecule has 0 N–H and O–H groups in total. The summed E-state index contributed by atoms with van der Waals surface area (Å²) in [5.41, 5.74) is 2.29. The molecule has 0 aliphatic carbocycles. The fraction of sp³-hybridized carbons (Fsp3) is 0.320. The van der Waals surface area contributed by atoms with E-state index in [4.69, 9.17) is 23.9 Å². The Balaban J connectivity index is 1.71. The Morgan fingerprint density at radius 3 is 2.43 bits per heavy atom. The molecule has 2 aromatic carbocycles. The van der Waals surface area contributed by atoms with Crippen LogP contribution in [0.1, 0.15) is 35.9 Å². The smallest absolute Gasteiger partial charge is 0.339 e. The van der Waals surface area contributed by atoms with Crippen molar-refractivity contribution in [3.8, 4) is 28.5 Å². The van der Waals surface area contributed by atoms with Crippen molar-refractivity contribution < 1.29 is 23.7 Å². The zero-order valence-electron chi connectivity index (χ0n) is 20.1. The molecular formula is C25H27N5O5. The zero-order valence-corrected chi connectivity index (χ0v) is 20.1. The van der Waals surface area contributed by atoms with Crippen LogP contribution in [0.4, 0.5) is 0 Å². The molecule has 0 radical (unpaired) electrons. The van der Waals surface area contributed by atoms with E-state index < -0.39 is 5.97 Å². The van der Waals surface area contributed by atoms with Crippen molar-refractivity contribution in [2.75, 3.05) is 21.3 Å². The molecule has 0 unspecified atom stereocenters. The number of nitrogens with zero attached hydrogens (tertiary/aromatic N) is 5. The molecular weight excluding hydrogens is 450 g/mol. The van der Waals surface area contributed by atoms with Gasteiger partial charge in [-0.15, -0.1) is 5.10 Å². The zero-order chi connectivity index (χ0) is 24.8. The van der Waals surface area contributed by atoms with Crippen LogP contribution >= 0.6 is 0 Å². The van der Waals surface area contributed by atoms with Gasteiger partial charge in [-0.1, -0.05) is 31.5 Å². The van der Waals surface area contributed by atoms with Gasteiger partial charge in [0, 0.05) is 17.5 Å². The first-order valence-corrected chi connectivity index (χ1v) is 11.2. The molecule has 0 amide bonds. The Morgan fingerprint density at radius 1 is 1.00 bits per heavy atom. The highest BCUT2D eigenvalue weighted by Crippen LogP contribution is 2.41. The number of tetrazole rings is 1. The molecule has 2 aromatic heterocycles. The van der Waals surface area contributed by atoms with Gasteiger partial charge < -0.3 is 18.9 Å². The third-order valence-electron chi connectivity index (χ3n) is 5.56. The number of ether oxygens (including phenoxy) is 4. The minimum Gasteiger partial charge on any atom is -0.493 e. The lowest BCUT2D eigenvalue weighted by Gasteiger charge is -2.15. The minimum absolute atomic E-state index is 0.0360. The first-order chi connectivity index (χ1) is 17.1. The second-order valence-electron chi connectivity index (χ2n) is 7.73. The summed E-state index contributed by atoms with van der Waals surface area (Å²) in [4.78, 5) is 18.0. The highest BCUT2D eigenvalue weighted by molar-refractivity contribution is 6.04. The number of methoxy groups -OCH3 is 3. The molecule has 35 heavy (non-hydrogen) atoms. The van der Waals surface area contributed by atoms with Gasteiger partial charge in [0.1, 0.15) is 0 Å². The van der Waals surface area contributed by atoms with Crippen LogP contribution in [-0.2, 0) is 17.9 Å². The maximum atomic E-state index is 13.2. The van der Waals surface area contributed by atoms with E-state index in [1.165, 1.54) is 0 Å². The van der Waals surface area contributed by atoms with Gasteiger partial charge in [0.15, 0.2) is 23.9 Å².